The first-order valence-electron chi connectivity index (χ1n) is 7.55. The predicted molar refractivity (Wildman–Crippen MR) is 76.3 cm³/mol. The predicted octanol–water partition coefficient (Wildman–Crippen LogP) is 3.15. The highest BCUT2D eigenvalue weighted by Gasteiger charge is 2.38. The minimum absolute atomic E-state index is 0.0117. The summed E-state index contributed by atoms with van der Waals surface area (Å²) in [6.45, 7) is 10.8. The Hall–Kier alpha value is -0.570. The van der Waals surface area contributed by atoms with Crippen LogP contribution in [0.4, 0.5) is 0 Å². The molecule has 0 bridgehead atoms. The Labute approximate surface area is 112 Å². The molecule has 1 N–H and O–H groups in total. The molecule has 3 unspecified atom stereocenters. The van der Waals surface area contributed by atoms with E-state index in [0.717, 1.165) is 12.8 Å². The molecule has 0 aromatic carbocycles. The van der Waals surface area contributed by atoms with E-state index in [-0.39, 0.29) is 18.1 Å². The molecule has 1 saturated heterocycles. The average molecular weight is 254 g/mol. The zero-order chi connectivity index (χ0) is 13.7. The van der Waals surface area contributed by atoms with Gasteiger partial charge in [0, 0.05) is 6.04 Å². The summed E-state index contributed by atoms with van der Waals surface area (Å²) >= 11 is 0. The summed E-state index contributed by atoms with van der Waals surface area (Å²) in [7, 11) is 0. The average Bonchev–Trinajstić information content (AvgIpc) is 2.54. The molecule has 0 aromatic heterocycles. The highest BCUT2D eigenvalue weighted by atomic mass is 16.2. The van der Waals surface area contributed by atoms with Gasteiger partial charge in [-0.15, -0.1) is 0 Å². The maximum absolute atomic E-state index is 12.2. The molecule has 106 valence electrons. The topological polar surface area (TPSA) is 32.3 Å². The third-order valence-corrected chi connectivity index (χ3v) is 3.80. The lowest BCUT2D eigenvalue weighted by atomic mass is 10.0. The van der Waals surface area contributed by atoms with Crippen LogP contribution in [0.2, 0.25) is 0 Å². The summed E-state index contributed by atoms with van der Waals surface area (Å²) in [6, 6.07) is 0.354. The Balaban J connectivity index is 2.59. The molecule has 0 aromatic rings. The van der Waals surface area contributed by atoms with E-state index < -0.39 is 0 Å². The number of nitrogens with one attached hydrogen (secondary N) is 1. The summed E-state index contributed by atoms with van der Waals surface area (Å²) in [5.41, 5.74) is 0. The highest BCUT2D eigenvalue weighted by Crippen LogP contribution is 2.22. The summed E-state index contributed by atoms with van der Waals surface area (Å²) < 4.78 is 0. The Bertz CT molecular complexity index is 265. The Morgan fingerprint density at radius 2 is 1.94 bits per heavy atom. The Kier molecular flexibility index (Phi) is 6.13. The van der Waals surface area contributed by atoms with Gasteiger partial charge < -0.3 is 4.90 Å². The van der Waals surface area contributed by atoms with Gasteiger partial charge in [-0.25, -0.2) is 0 Å². The van der Waals surface area contributed by atoms with Crippen LogP contribution in [0, 0.1) is 5.92 Å². The minimum Gasteiger partial charge on any atom is -0.323 e. The fraction of sp³-hybridized carbons (Fsp3) is 0.933. The van der Waals surface area contributed by atoms with E-state index in [1.165, 1.54) is 19.3 Å². The third-order valence-electron chi connectivity index (χ3n) is 3.80. The van der Waals surface area contributed by atoms with Gasteiger partial charge in [0.25, 0.3) is 0 Å². The number of unbranched alkanes of at least 4 members (excludes halogenated alkanes) is 2. The number of carbonyl (C=O) groups excluding carboxylic acids is 1. The quantitative estimate of drug-likeness (QED) is 0.708. The van der Waals surface area contributed by atoms with Crippen molar-refractivity contribution in [1.29, 1.82) is 0 Å². The van der Waals surface area contributed by atoms with E-state index in [0.29, 0.717) is 12.0 Å². The van der Waals surface area contributed by atoms with E-state index >= 15 is 0 Å². The zero-order valence-electron chi connectivity index (χ0n) is 12.7. The van der Waals surface area contributed by atoms with Gasteiger partial charge in [0.15, 0.2) is 0 Å². The molecule has 1 aliphatic rings. The second-order valence-electron chi connectivity index (χ2n) is 6.12. The second-order valence-corrected chi connectivity index (χ2v) is 6.12. The Morgan fingerprint density at radius 3 is 2.50 bits per heavy atom. The van der Waals surface area contributed by atoms with Gasteiger partial charge in [0.05, 0.1) is 12.2 Å². The van der Waals surface area contributed by atoms with Crippen LogP contribution in [0.25, 0.3) is 0 Å². The van der Waals surface area contributed by atoms with Crippen molar-refractivity contribution in [3.63, 3.8) is 0 Å². The van der Waals surface area contributed by atoms with Gasteiger partial charge in [-0.05, 0) is 32.6 Å². The number of hydrogen-bond donors (Lipinski definition) is 1. The summed E-state index contributed by atoms with van der Waals surface area (Å²) in [5, 5.41) is 3.43. The number of nitrogens with zero attached hydrogens (tertiary/aromatic N) is 1. The maximum atomic E-state index is 12.2. The van der Waals surface area contributed by atoms with Gasteiger partial charge >= 0.3 is 0 Å². The van der Waals surface area contributed by atoms with Gasteiger partial charge in [0.2, 0.25) is 5.91 Å². The smallest absolute Gasteiger partial charge is 0.240 e. The molecule has 1 fully saturated rings. The van der Waals surface area contributed by atoms with Crippen molar-refractivity contribution in [2.75, 3.05) is 0 Å². The zero-order valence-corrected chi connectivity index (χ0v) is 12.7. The molecule has 0 saturated carbocycles. The van der Waals surface area contributed by atoms with Crippen LogP contribution in [0.15, 0.2) is 0 Å². The van der Waals surface area contributed by atoms with E-state index in [9.17, 15) is 4.79 Å². The van der Waals surface area contributed by atoms with E-state index in [1.54, 1.807) is 0 Å². The van der Waals surface area contributed by atoms with Crippen molar-refractivity contribution in [2.45, 2.75) is 85.0 Å². The fourth-order valence-electron chi connectivity index (χ4n) is 2.80. The van der Waals surface area contributed by atoms with E-state index in [1.807, 2.05) is 6.92 Å². The molecule has 0 radical (unpaired) electrons. The third kappa shape index (κ3) is 3.98. The van der Waals surface area contributed by atoms with Gasteiger partial charge in [-0.2, -0.15) is 0 Å². The lowest BCUT2D eigenvalue weighted by Crippen LogP contribution is -2.44. The highest BCUT2D eigenvalue weighted by molar-refractivity contribution is 5.84. The van der Waals surface area contributed by atoms with Crippen LogP contribution in [0.3, 0.4) is 0 Å². The molecule has 1 amide bonds. The van der Waals surface area contributed by atoms with Crippen molar-refractivity contribution < 1.29 is 4.79 Å². The first kappa shape index (κ1) is 15.5. The number of hydrogen-bond acceptors (Lipinski definition) is 2. The van der Waals surface area contributed by atoms with Crippen molar-refractivity contribution in [3.8, 4) is 0 Å². The molecule has 1 aliphatic heterocycles. The molecule has 3 heteroatoms. The van der Waals surface area contributed by atoms with Crippen molar-refractivity contribution in [3.05, 3.63) is 0 Å². The van der Waals surface area contributed by atoms with E-state index in [2.05, 4.69) is 37.9 Å². The van der Waals surface area contributed by atoms with E-state index in [4.69, 9.17) is 0 Å². The van der Waals surface area contributed by atoms with Crippen molar-refractivity contribution in [1.82, 2.24) is 10.2 Å². The number of rotatable bonds is 7. The normalized spacial score (nSPS) is 26.1. The SMILES string of the molecule is CCCCCC(C)N1C(=O)C(C)NC1CC(C)C. The molecule has 1 rings (SSSR count). The second kappa shape index (κ2) is 7.13. The van der Waals surface area contributed by atoms with Crippen LogP contribution in [-0.4, -0.2) is 29.1 Å². The molecule has 0 aliphatic carbocycles. The summed E-state index contributed by atoms with van der Waals surface area (Å²) in [4.78, 5) is 14.3. The molecule has 1 heterocycles. The molecule has 0 spiro atoms. The molecular weight excluding hydrogens is 224 g/mol. The fourth-order valence-corrected chi connectivity index (χ4v) is 2.80. The maximum Gasteiger partial charge on any atom is 0.240 e. The molecule has 3 atom stereocenters. The van der Waals surface area contributed by atoms with Gasteiger partial charge in [0.1, 0.15) is 0 Å². The van der Waals surface area contributed by atoms with Gasteiger partial charge in [-0.3, -0.25) is 10.1 Å². The number of carbonyl (C=O) groups is 1. The lowest BCUT2D eigenvalue weighted by Gasteiger charge is -2.31. The van der Waals surface area contributed by atoms with Gasteiger partial charge in [-0.1, -0.05) is 40.0 Å². The largest absolute Gasteiger partial charge is 0.323 e. The molecular formula is C15H30N2O. The standard InChI is InChI=1S/C15H30N2O/c1-6-7-8-9-12(4)17-14(10-11(2)3)16-13(5)15(17)18/h11-14,16H,6-10H2,1-5H3. The van der Waals surface area contributed by atoms with Crippen LogP contribution in [0.5, 0.6) is 0 Å². The molecule has 3 nitrogen and oxygen atoms in total. The monoisotopic (exact) mass is 254 g/mol. The minimum atomic E-state index is -0.0117. The van der Waals surface area contributed by atoms with Crippen LogP contribution in [-0.2, 0) is 4.79 Å². The van der Waals surface area contributed by atoms with Crippen LogP contribution < -0.4 is 5.32 Å². The lowest BCUT2D eigenvalue weighted by molar-refractivity contribution is -0.132. The first-order chi connectivity index (χ1) is 8.47. The van der Waals surface area contributed by atoms with Crippen molar-refractivity contribution >= 4 is 5.91 Å². The summed E-state index contributed by atoms with van der Waals surface area (Å²) in [6.07, 6.45) is 6.15. The Morgan fingerprint density at radius 1 is 1.28 bits per heavy atom. The molecule has 18 heavy (non-hydrogen) atoms. The first-order valence-corrected chi connectivity index (χ1v) is 7.55. The van der Waals surface area contributed by atoms with Crippen molar-refractivity contribution in [2.24, 2.45) is 5.92 Å². The summed E-state index contributed by atoms with van der Waals surface area (Å²) in [5.74, 6) is 0.899. The van der Waals surface area contributed by atoms with Crippen LogP contribution >= 0.6 is 0 Å². The number of amides is 1. The van der Waals surface area contributed by atoms with Crippen LogP contribution in [0.1, 0.15) is 66.7 Å².